The molecule has 28 nitrogen and oxygen atoms in total. The van der Waals surface area contributed by atoms with E-state index in [1.165, 1.54) is 18.7 Å². The molecule has 0 spiro atoms. The minimum absolute atomic E-state index is 0.0320. The average molecular weight is 1020 g/mol. The van der Waals surface area contributed by atoms with Crippen LogP contribution in [-0.4, -0.2) is 251 Å². The summed E-state index contributed by atoms with van der Waals surface area (Å²) in [5.41, 5.74) is 10.8. The van der Waals surface area contributed by atoms with E-state index in [1.807, 2.05) is 0 Å². The van der Waals surface area contributed by atoms with Crippen LogP contribution in [0.15, 0.2) is 4.99 Å². The highest BCUT2D eigenvalue weighted by atomic mass is 32.2. The molecule has 1 aliphatic heterocycles. The molecule has 1 rings (SSSR count). The third-order valence-electron chi connectivity index (χ3n) is 10.5. The van der Waals surface area contributed by atoms with E-state index < -0.39 is 103 Å². The smallest absolute Gasteiger partial charge is 0.326 e. The topological polar surface area (TPSA) is 421 Å². The molecule has 0 aromatic rings. The fourth-order valence-corrected chi connectivity index (χ4v) is 7.35. The van der Waals surface area contributed by atoms with Gasteiger partial charge in [0.25, 0.3) is 0 Å². The summed E-state index contributed by atoms with van der Waals surface area (Å²) in [6, 6.07) is -6.69. The van der Waals surface area contributed by atoms with Gasteiger partial charge in [-0.05, 0) is 50.5 Å². The highest BCUT2D eigenvalue weighted by Crippen LogP contribution is 2.07. The molecular weight excluding hydrogens is 947 g/mol. The van der Waals surface area contributed by atoms with Gasteiger partial charge < -0.3 is 68.9 Å². The van der Waals surface area contributed by atoms with E-state index in [2.05, 4.69) is 36.9 Å². The lowest BCUT2D eigenvalue weighted by Crippen LogP contribution is -2.58. The predicted molar refractivity (Wildman–Crippen MR) is 254 cm³/mol. The van der Waals surface area contributed by atoms with E-state index in [0.29, 0.717) is 5.75 Å². The van der Waals surface area contributed by atoms with Crippen LogP contribution in [0.2, 0.25) is 0 Å². The van der Waals surface area contributed by atoms with Crippen LogP contribution in [0.4, 0.5) is 0 Å². The number of aliphatic hydroxyl groups excluding tert-OH is 1. The normalized spacial score (nSPS) is 16.6. The molecule has 0 saturated carbocycles. The van der Waals surface area contributed by atoms with Gasteiger partial charge in [-0.15, -0.1) is 0 Å². The summed E-state index contributed by atoms with van der Waals surface area (Å²) in [5, 5.41) is 62.4. The highest BCUT2D eigenvalue weighted by molar-refractivity contribution is 7.98. The van der Waals surface area contributed by atoms with E-state index in [-0.39, 0.29) is 123 Å². The lowest BCUT2D eigenvalue weighted by molar-refractivity contribution is -0.142. The van der Waals surface area contributed by atoms with Crippen molar-refractivity contribution in [1.29, 1.82) is 0 Å². The van der Waals surface area contributed by atoms with Gasteiger partial charge in [0.15, 0.2) is 5.96 Å². The molecule has 0 unspecified atom stereocenters. The molecular formula is C41H73N13O15S. The Labute approximate surface area is 410 Å². The van der Waals surface area contributed by atoms with Gasteiger partial charge in [-0.25, -0.2) is 4.79 Å². The summed E-state index contributed by atoms with van der Waals surface area (Å²) in [5.74, 6) is -9.50. The molecule has 0 bridgehead atoms. The first-order valence-electron chi connectivity index (χ1n) is 22.6. The van der Waals surface area contributed by atoms with Gasteiger partial charge >= 0.3 is 23.9 Å². The predicted octanol–water partition coefficient (Wildman–Crippen LogP) is -6.05. The van der Waals surface area contributed by atoms with Gasteiger partial charge in [-0.3, -0.25) is 67.7 Å². The largest absolute Gasteiger partial charge is 0.480 e. The maximum atomic E-state index is 13.7. The number of aliphatic imine (C=N–C) groups is 1. The van der Waals surface area contributed by atoms with Crippen LogP contribution < -0.4 is 43.4 Å². The maximum Gasteiger partial charge on any atom is 0.326 e. The number of carboxylic acid groups (broad SMARTS) is 4. The van der Waals surface area contributed by atoms with Crippen molar-refractivity contribution >= 4 is 77.0 Å². The highest BCUT2D eigenvalue weighted by Gasteiger charge is 2.31. The van der Waals surface area contributed by atoms with Crippen LogP contribution in [0.25, 0.3) is 0 Å². The number of guanidine groups is 1. The standard InChI is InChI=1S/C41H73N13O15S/c1-25(2)18-29(40(68)69)48-31(56)19-45-37(65)30(24-55)50-39(67)27(6-5-8-44-41(42)43)49-36(64)26(3)46-38(66)28(7-17-70-4)47-32(57)20-51-9-11-52(21-33(58)59)13-15-54(23-35(62)63)16-14-53(12-10-51)22-34(60)61/h25-30,55H,5-24H2,1-4H3,(H,45,65)(H,46,66)(H,47,57)(H,48,56)(H,49,64)(H,50,67)(H,58,59)(H,60,61)(H,62,63)(H,68,69)(H4,42,43,44)/t26-,27-,28-,29-,30-/m0/s1. The second-order valence-corrected chi connectivity index (χ2v) is 18.0. The third kappa shape index (κ3) is 27.3. The molecule has 0 aliphatic carbocycles. The van der Waals surface area contributed by atoms with Crippen molar-refractivity contribution in [3.05, 3.63) is 0 Å². The number of nitrogens with one attached hydrogen (secondary N) is 6. The molecule has 70 heavy (non-hydrogen) atoms. The van der Waals surface area contributed by atoms with E-state index in [4.69, 9.17) is 11.5 Å². The van der Waals surface area contributed by atoms with E-state index in [1.54, 1.807) is 39.7 Å². The second kappa shape index (κ2) is 33.6. The van der Waals surface area contributed by atoms with Crippen LogP contribution in [0.3, 0.4) is 0 Å². The van der Waals surface area contributed by atoms with Crippen LogP contribution in [0, 0.1) is 5.92 Å². The maximum absolute atomic E-state index is 13.7. The number of amides is 6. The monoisotopic (exact) mass is 1020 g/mol. The van der Waals surface area contributed by atoms with Gasteiger partial charge in [0, 0.05) is 58.9 Å². The van der Waals surface area contributed by atoms with Crippen molar-refractivity contribution in [2.24, 2.45) is 22.4 Å². The van der Waals surface area contributed by atoms with Gasteiger partial charge in [0.1, 0.15) is 30.2 Å². The number of aliphatic carboxylic acids is 4. The first-order valence-corrected chi connectivity index (χ1v) is 24.0. The molecule has 6 amide bonds. The number of carboxylic acids is 4. The summed E-state index contributed by atoms with van der Waals surface area (Å²) < 4.78 is 0. The zero-order valence-electron chi connectivity index (χ0n) is 40.2. The Morgan fingerprint density at radius 2 is 1.01 bits per heavy atom. The van der Waals surface area contributed by atoms with Crippen molar-refractivity contribution in [2.45, 2.75) is 76.7 Å². The van der Waals surface area contributed by atoms with Gasteiger partial charge in [0.2, 0.25) is 35.4 Å². The van der Waals surface area contributed by atoms with Gasteiger partial charge in [-0.2, -0.15) is 11.8 Å². The lowest BCUT2D eigenvalue weighted by Gasteiger charge is -2.33. The van der Waals surface area contributed by atoms with E-state index in [0.717, 1.165) is 0 Å². The second-order valence-electron chi connectivity index (χ2n) is 17.0. The molecule has 398 valence electrons. The molecule has 1 saturated heterocycles. The van der Waals surface area contributed by atoms with Crippen LogP contribution in [0.5, 0.6) is 0 Å². The third-order valence-corrected chi connectivity index (χ3v) is 11.2. The number of aliphatic hydroxyl groups is 1. The van der Waals surface area contributed by atoms with Crippen molar-refractivity contribution in [3.63, 3.8) is 0 Å². The van der Waals surface area contributed by atoms with Crippen molar-refractivity contribution in [2.75, 3.05) is 110 Å². The first kappa shape index (κ1) is 62.1. The summed E-state index contributed by atoms with van der Waals surface area (Å²) in [4.78, 5) is 136. The Bertz CT molecular complexity index is 1760. The molecule has 15 N–H and O–H groups in total. The van der Waals surface area contributed by atoms with Crippen LogP contribution in [-0.2, 0) is 47.9 Å². The van der Waals surface area contributed by atoms with Crippen LogP contribution >= 0.6 is 11.8 Å². The van der Waals surface area contributed by atoms with Crippen molar-refractivity contribution in [3.8, 4) is 0 Å². The molecule has 0 aromatic heterocycles. The quantitative estimate of drug-likeness (QED) is 0.0181. The van der Waals surface area contributed by atoms with Gasteiger partial charge in [0.05, 0.1) is 39.3 Å². The zero-order valence-corrected chi connectivity index (χ0v) is 41.0. The van der Waals surface area contributed by atoms with Crippen LogP contribution in [0.1, 0.15) is 46.5 Å². The number of thioether (sulfide) groups is 1. The Morgan fingerprint density at radius 1 is 0.571 bits per heavy atom. The molecule has 1 aliphatic rings. The number of nitrogens with zero attached hydrogens (tertiary/aromatic N) is 5. The molecule has 29 heteroatoms. The minimum Gasteiger partial charge on any atom is -0.480 e. The molecule has 1 fully saturated rings. The first-order chi connectivity index (χ1) is 32.9. The average Bonchev–Trinajstić information content (AvgIpc) is 3.26. The zero-order chi connectivity index (χ0) is 52.9. The number of rotatable bonds is 30. The number of hydrogen-bond acceptors (Lipinski definition) is 17. The Balaban J connectivity index is 3.16. The minimum atomic E-state index is -1.62. The van der Waals surface area contributed by atoms with Crippen molar-refractivity contribution in [1.82, 2.24) is 51.5 Å². The Morgan fingerprint density at radius 3 is 1.44 bits per heavy atom. The molecule has 1 heterocycles. The SMILES string of the molecule is CSCC[C@H](NC(=O)CN1CCN(CC(=O)O)CCN(CC(=O)O)CCN(CC(=O)O)CC1)C(=O)N[C@@H](C)C(=O)N[C@@H](CCCN=C(N)N)C(=O)N[C@@H](CO)C(=O)NCC(=O)N[C@@H](CC(C)C)C(=O)O. The molecule has 0 aromatic carbocycles. The number of nitrogens with two attached hydrogens (primary N) is 2. The summed E-state index contributed by atoms with van der Waals surface area (Å²) in [7, 11) is 0. The lowest BCUT2D eigenvalue weighted by atomic mass is 10.0. The number of hydrogen-bond donors (Lipinski definition) is 13. The fourth-order valence-electron chi connectivity index (χ4n) is 6.88. The van der Waals surface area contributed by atoms with Gasteiger partial charge in [-0.1, -0.05) is 13.8 Å². The Kier molecular flexibility index (Phi) is 29.8. The summed E-state index contributed by atoms with van der Waals surface area (Å²) in [6.45, 7) is 3.21. The van der Waals surface area contributed by atoms with E-state index in [9.17, 15) is 73.5 Å². The molecule has 0 radical (unpaired) electrons. The number of carbonyl (C=O) groups excluding carboxylic acids is 6. The number of carbonyl (C=O) groups is 10. The van der Waals surface area contributed by atoms with E-state index >= 15 is 0 Å². The van der Waals surface area contributed by atoms with Crippen molar-refractivity contribution < 1.29 is 73.5 Å². The Hall–Kier alpha value is -5.88. The molecule has 5 atom stereocenters. The summed E-state index contributed by atoms with van der Waals surface area (Å²) >= 11 is 1.38. The fraction of sp³-hybridized carbons (Fsp3) is 0.732. The summed E-state index contributed by atoms with van der Waals surface area (Å²) in [6.07, 6.45) is 2.06.